The van der Waals surface area contributed by atoms with E-state index >= 15 is 0 Å². The first kappa shape index (κ1) is 26.7. The average Bonchev–Trinajstić information content (AvgIpc) is 2.58. The van der Waals surface area contributed by atoms with Gasteiger partial charge in [-0.25, -0.2) is 0 Å². The van der Waals surface area contributed by atoms with E-state index in [1.807, 2.05) is 27.7 Å². The molecular formula is C26H44. The van der Waals surface area contributed by atoms with Gasteiger partial charge in [-0.15, -0.1) is 0 Å². The van der Waals surface area contributed by atoms with Gasteiger partial charge in [-0.05, 0) is 35.8 Å². The zero-order valence-electron chi connectivity index (χ0n) is 19.6. The molecule has 0 heterocycles. The van der Waals surface area contributed by atoms with Crippen LogP contribution in [0.1, 0.15) is 91.5 Å². The summed E-state index contributed by atoms with van der Waals surface area (Å²) in [5.41, 5.74) is 6.07. The third-order valence-electron chi connectivity index (χ3n) is 3.80. The van der Waals surface area contributed by atoms with Crippen molar-refractivity contribution in [1.29, 1.82) is 0 Å². The van der Waals surface area contributed by atoms with Gasteiger partial charge in [0, 0.05) is 0 Å². The van der Waals surface area contributed by atoms with Crippen molar-refractivity contribution in [2.45, 2.75) is 93.9 Å². The zero-order chi connectivity index (χ0) is 21.0. The SMILES string of the molecule is CC.CC.Cc1ccc(C(C)(C)C)cc1.Cc1cccc(C(C)(C)C)c1. The molecular weight excluding hydrogens is 312 g/mol. The van der Waals surface area contributed by atoms with E-state index in [0.29, 0.717) is 0 Å². The molecule has 0 fully saturated rings. The summed E-state index contributed by atoms with van der Waals surface area (Å²) >= 11 is 0. The smallest absolute Gasteiger partial charge is 0.0132 e. The molecule has 2 aromatic carbocycles. The van der Waals surface area contributed by atoms with Gasteiger partial charge in [0.15, 0.2) is 0 Å². The lowest BCUT2D eigenvalue weighted by atomic mass is 9.86. The predicted molar refractivity (Wildman–Crippen MR) is 122 cm³/mol. The highest BCUT2D eigenvalue weighted by molar-refractivity contribution is 5.27. The molecule has 0 radical (unpaired) electrons. The Hall–Kier alpha value is -1.56. The third kappa shape index (κ3) is 11.1. The first-order chi connectivity index (χ1) is 12.0. The topological polar surface area (TPSA) is 0 Å². The van der Waals surface area contributed by atoms with Crippen LogP contribution in [0.3, 0.4) is 0 Å². The quantitative estimate of drug-likeness (QED) is 0.443. The van der Waals surface area contributed by atoms with E-state index in [-0.39, 0.29) is 10.8 Å². The number of hydrogen-bond acceptors (Lipinski definition) is 0. The van der Waals surface area contributed by atoms with E-state index in [1.54, 1.807) is 0 Å². The first-order valence-corrected chi connectivity index (χ1v) is 10.1. The molecule has 0 amide bonds. The molecule has 2 aromatic rings. The number of aryl methyl sites for hydroxylation is 2. The molecule has 148 valence electrons. The Morgan fingerprint density at radius 2 is 0.923 bits per heavy atom. The maximum absolute atomic E-state index is 2.25. The number of benzene rings is 2. The summed E-state index contributed by atoms with van der Waals surface area (Å²) in [4.78, 5) is 0. The van der Waals surface area contributed by atoms with Gasteiger partial charge in [0.05, 0.1) is 0 Å². The molecule has 0 saturated carbocycles. The van der Waals surface area contributed by atoms with Crippen molar-refractivity contribution in [1.82, 2.24) is 0 Å². The summed E-state index contributed by atoms with van der Waals surface area (Å²) in [7, 11) is 0. The number of hydrogen-bond donors (Lipinski definition) is 0. The highest BCUT2D eigenvalue weighted by atomic mass is 14.2. The second-order valence-corrected chi connectivity index (χ2v) is 8.24. The molecule has 0 aliphatic heterocycles. The van der Waals surface area contributed by atoms with Crippen molar-refractivity contribution in [2.24, 2.45) is 0 Å². The van der Waals surface area contributed by atoms with Crippen LogP contribution in [0.15, 0.2) is 48.5 Å². The highest BCUT2D eigenvalue weighted by Crippen LogP contribution is 2.22. The molecule has 0 heteroatoms. The van der Waals surface area contributed by atoms with E-state index < -0.39 is 0 Å². The average molecular weight is 357 g/mol. The minimum Gasteiger partial charge on any atom is -0.0683 e. The van der Waals surface area contributed by atoms with Crippen LogP contribution < -0.4 is 0 Å². The maximum Gasteiger partial charge on any atom is -0.0132 e. The summed E-state index contributed by atoms with van der Waals surface area (Å²) in [6, 6.07) is 17.4. The molecule has 0 aliphatic rings. The molecule has 0 aromatic heterocycles. The van der Waals surface area contributed by atoms with Crippen LogP contribution in [0.5, 0.6) is 0 Å². The third-order valence-corrected chi connectivity index (χ3v) is 3.80. The Morgan fingerprint density at radius 3 is 1.23 bits per heavy atom. The largest absolute Gasteiger partial charge is 0.0683 e. The molecule has 0 saturated heterocycles. The monoisotopic (exact) mass is 356 g/mol. The molecule has 26 heavy (non-hydrogen) atoms. The van der Waals surface area contributed by atoms with Gasteiger partial charge in [-0.3, -0.25) is 0 Å². The van der Waals surface area contributed by atoms with E-state index in [4.69, 9.17) is 0 Å². The predicted octanol–water partition coefficient (Wildman–Crippen LogP) is 8.64. The lowest BCUT2D eigenvalue weighted by molar-refractivity contribution is 0.589. The van der Waals surface area contributed by atoms with Gasteiger partial charge in [-0.1, -0.05) is 129 Å². The normalized spacial score (nSPS) is 10.3. The zero-order valence-corrected chi connectivity index (χ0v) is 19.6. The molecule has 0 bridgehead atoms. The summed E-state index contributed by atoms with van der Waals surface area (Å²) in [6.07, 6.45) is 0. The van der Waals surface area contributed by atoms with Crippen molar-refractivity contribution in [2.75, 3.05) is 0 Å². The molecule has 2 rings (SSSR count). The van der Waals surface area contributed by atoms with E-state index in [0.717, 1.165) is 0 Å². The fourth-order valence-electron chi connectivity index (χ4n) is 2.17. The van der Waals surface area contributed by atoms with Crippen molar-refractivity contribution in [3.05, 3.63) is 70.8 Å². The van der Waals surface area contributed by atoms with Crippen LogP contribution in [0.2, 0.25) is 0 Å². The highest BCUT2D eigenvalue weighted by Gasteiger charge is 2.12. The summed E-state index contributed by atoms with van der Waals surface area (Å²) in [5, 5.41) is 0. The van der Waals surface area contributed by atoms with Crippen LogP contribution in [-0.2, 0) is 10.8 Å². The fraction of sp³-hybridized carbons (Fsp3) is 0.538. The summed E-state index contributed by atoms with van der Waals surface area (Å²) in [6.45, 7) is 25.7. The van der Waals surface area contributed by atoms with Crippen LogP contribution in [-0.4, -0.2) is 0 Å². The Labute approximate surface area is 165 Å². The van der Waals surface area contributed by atoms with Crippen LogP contribution >= 0.6 is 0 Å². The van der Waals surface area contributed by atoms with Crippen LogP contribution in [0.4, 0.5) is 0 Å². The minimum atomic E-state index is 0.284. The van der Waals surface area contributed by atoms with Gasteiger partial charge in [0.25, 0.3) is 0 Å². The molecule has 0 spiro atoms. The Kier molecular flexibility index (Phi) is 13.1. The second-order valence-electron chi connectivity index (χ2n) is 8.24. The molecule has 0 unspecified atom stereocenters. The lowest BCUT2D eigenvalue weighted by Gasteiger charge is -2.19. The maximum atomic E-state index is 2.25. The summed E-state index contributed by atoms with van der Waals surface area (Å²) in [5.74, 6) is 0. The second kappa shape index (κ2) is 12.7. The van der Waals surface area contributed by atoms with Crippen LogP contribution in [0.25, 0.3) is 0 Å². The van der Waals surface area contributed by atoms with E-state index in [9.17, 15) is 0 Å². The van der Waals surface area contributed by atoms with Crippen molar-refractivity contribution >= 4 is 0 Å². The van der Waals surface area contributed by atoms with Gasteiger partial charge in [0.2, 0.25) is 0 Å². The van der Waals surface area contributed by atoms with Gasteiger partial charge < -0.3 is 0 Å². The summed E-state index contributed by atoms with van der Waals surface area (Å²) < 4.78 is 0. The fourth-order valence-corrected chi connectivity index (χ4v) is 2.17. The van der Waals surface area contributed by atoms with E-state index in [2.05, 4.69) is 104 Å². The standard InChI is InChI=1S/2C11H16.2C2H6/c1-9-5-7-10(8-6-9)11(2,3)4;1-9-6-5-7-10(8-9)11(2,3)4;2*1-2/h2*5-8H,1-4H3;2*1-2H3. The van der Waals surface area contributed by atoms with Crippen molar-refractivity contribution in [3.63, 3.8) is 0 Å². The molecule has 0 N–H and O–H groups in total. The molecule has 0 atom stereocenters. The molecule has 0 aliphatic carbocycles. The Balaban J connectivity index is 0. The Morgan fingerprint density at radius 1 is 0.500 bits per heavy atom. The Bertz CT molecular complexity index is 575. The van der Waals surface area contributed by atoms with Crippen LogP contribution in [0, 0.1) is 13.8 Å². The van der Waals surface area contributed by atoms with Gasteiger partial charge in [0.1, 0.15) is 0 Å². The first-order valence-electron chi connectivity index (χ1n) is 10.1. The number of rotatable bonds is 0. The lowest BCUT2D eigenvalue weighted by Crippen LogP contribution is -2.10. The van der Waals surface area contributed by atoms with Crippen molar-refractivity contribution in [3.8, 4) is 0 Å². The minimum absolute atomic E-state index is 0.284. The van der Waals surface area contributed by atoms with Gasteiger partial charge in [-0.2, -0.15) is 0 Å². The van der Waals surface area contributed by atoms with Gasteiger partial charge >= 0.3 is 0 Å². The van der Waals surface area contributed by atoms with E-state index in [1.165, 1.54) is 22.3 Å². The molecule has 0 nitrogen and oxygen atoms in total. The van der Waals surface area contributed by atoms with Crippen molar-refractivity contribution < 1.29 is 0 Å².